The zero-order valence-electron chi connectivity index (χ0n) is 31.7. The van der Waals surface area contributed by atoms with Gasteiger partial charge in [-0.05, 0) is 103 Å². The van der Waals surface area contributed by atoms with Crippen molar-refractivity contribution in [2.75, 3.05) is 26.2 Å². The number of halogens is 1. The summed E-state index contributed by atoms with van der Waals surface area (Å²) < 4.78 is 17.6. The summed E-state index contributed by atoms with van der Waals surface area (Å²) in [6.07, 6.45) is 4.40. The Morgan fingerprint density at radius 3 is 2.46 bits per heavy atom. The van der Waals surface area contributed by atoms with Crippen LogP contribution in [0.2, 0.25) is 5.02 Å². The maximum absolute atomic E-state index is 13.2. The van der Waals surface area contributed by atoms with Crippen molar-refractivity contribution in [3.63, 3.8) is 0 Å². The van der Waals surface area contributed by atoms with E-state index in [0.717, 1.165) is 68.4 Å². The van der Waals surface area contributed by atoms with Gasteiger partial charge < -0.3 is 34.7 Å². The molecular formula is C45H48ClN3O8. The number of fused-ring (bicyclic) bond motifs is 4. The summed E-state index contributed by atoms with van der Waals surface area (Å²) in [6, 6.07) is 28.2. The second-order valence-electron chi connectivity index (χ2n) is 14.9. The number of amides is 1. The molecule has 0 aliphatic carbocycles. The minimum absolute atomic E-state index is 0.0419. The van der Waals surface area contributed by atoms with Gasteiger partial charge in [-0.15, -0.1) is 0 Å². The smallest absolute Gasteiger partial charge is 0.408 e. The number of H-pyrrole nitrogens is 1. The summed E-state index contributed by atoms with van der Waals surface area (Å²) in [5.74, 6) is 0.481. The lowest BCUT2D eigenvalue weighted by atomic mass is 9.86. The van der Waals surface area contributed by atoms with Crippen molar-refractivity contribution in [3.8, 4) is 11.5 Å². The molecule has 8 rings (SSSR count). The van der Waals surface area contributed by atoms with Crippen LogP contribution in [0.4, 0.5) is 4.79 Å². The third-order valence-electron chi connectivity index (χ3n) is 11.0. The number of nitrogens with zero attached hydrogens (tertiary/aromatic N) is 1. The van der Waals surface area contributed by atoms with Crippen LogP contribution in [0.25, 0.3) is 10.9 Å². The molecule has 0 saturated carbocycles. The van der Waals surface area contributed by atoms with Crippen LogP contribution < -0.4 is 15.6 Å². The fourth-order valence-corrected chi connectivity index (χ4v) is 8.12. The average molecular weight is 794 g/mol. The van der Waals surface area contributed by atoms with Crippen molar-refractivity contribution in [3.05, 3.63) is 140 Å². The maximum Gasteiger partial charge on any atom is 0.408 e. The van der Waals surface area contributed by atoms with Gasteiger partial charge in [0.05, 0.1) is 34.9 Å². The van der Waals surface area contributed by atoms with Gasteiger partial charge in [0.2, 0.25) is 5.56 Å². The van der Waals surface area contributed by atoms with Crippen LogP contribution >= 0.6 is 11.6 Å². The number of alkyl carbamates (subject to hydrolysis) is 1. The predicted octanol–water partition coefficient (Wildman–Crippen LogP) is 8.22. The lowest BCUT2D eigenvalue weighted by Crippen LogP contribution is -2.52. The fourth-order valence-electron chi connectivity index (χ4n) is 7.84. The summed E-state index contributed by atoms with van der Waals surface area (Å²) in [5, 5.41) is 24.9. The van der Waals surface area contributed by atoms with E-state index in [4.69, 9.17) is 25.8 Å². The number of hydrogen-bond acceptors (Lipinski definition) is 9. The number of benzene rings is 4. The summed E-state index contributed by atoms with van der Waals surface area (Å²) in [5.41, 5.74) is 3.46. The number of hydrogen-bond donors (Lipinski definition) is 4. The minimum Gasteiger partial charge on any atom is -0.506 e. The number of aromatic nitrogens is 1. The van der Waals surface area contributed by atoms with Crippen LogP contribution in [0, 0.1) is 5.92 Å². The monoisotopic (exact) mass is 793 g/mol. The topological polar surface area (TPSA) is 150 Å². The molecule has 298 valence electrons. The highest BCUT2D eigenvalue weighted by Crippen LogP contribution is 2.33. The first-order chi connectivity index (χ1) is 27.7. The largest absolute Gasteiger partial charge is 0.506 e. The number of ether oxygens (including phenoxy) is 3. The molecule has 3 atom stereocenters. The van der Waals surface area contributed by atoms with Crippen LogP contribution in [-0.4, -0.2) is 64.5 Å². The standard InChI is InChI=1S/C45H48ClN3O8/c46-37-25-29(14-15-36(37)44(53)55-24-7-2-1-6-13-38(50)34-16-18-39(51)43-35(34)17-19-41(52)47-43)28-56-33-12-8-11-32(26-33)42(31-9-4-3-5-10-31)48-45(54)57-40-27-49-22-20-30(40)21-23-49/h3-5,8-12,14-19,25-26,30,38,40,42,50-51H,1-2,6-7,13,20-24,27-28H2,(H,47,52)(H,48,54)/t38-,40-,42?/m0/s1. The molecule has 12 heteroatoms. The van der Waals surface area contributed by atoms with E-state index in [2.05, 4.69) is 15.2 Å². The van der Waals surface area contributed by atoms with Crippen LogP contribution in [-0.2, 0) is 16.1 Å². The van der Waals surface area contributed by atoms with E-state index in [-0.39, 0.29) is 41.2 Å². The number of carbonyl (C=O) groups excluding carboxylic acids is 2. The predicted molar refractivity (Wildman–Crippen MR) is 218 cm³/mol. The molecule has 0 radical (unpaired) electrons. The summed E-state index contributed by atoms with van der Waals surface area (Å²) in [7, 11) is 0. The molecule has 3 saturated heterocycles. The first-order valence-corrected chi connectivity index (χ1v) is 20.1. The van der Waals surface area contributed by atoms with Crippen molar-refractivity contribution in [1.82, 2.24) is 15.2 Å². The Kier molecular flexibility index (Phi) is 13.1. The van der Waals surface area contributed by atoms with Gasteiger partial charge in [0.1, 0.15) is 24.2 Å². The number of piperidine rings is 3. The second kappa shape index (κ2) is 18.7. The van der Waals surface area contributed by atoms with Crippen molar-refractivity contribution < 1.29 is 34.0 Å². The first kappa shape index (κ1) is 39.9. The summed E-state index contributed by atoms with van der Waals surface area (Å²) in [4.78, 5) is 42.7. The Hall–Kier alpha value is -5.36. The maximum atomic E-state index is 13.2. The van der Waals surface area contributed by atoms with Gasteiger partial charge in [0.15, 0.2) is 0 Å². The van der Waals surface area contributed by atoms with Gasteiger partial charge >= 0.3 is 12.1 Å². The minimum atomic E-state index is -0.747. The highest BCUT2D eigenvalue weighted by Gasteiger charge is 2.37. The van der Waals surface area contributed by atoms with E-state index >= 15 is 0 Å². The normalized spacial score (nSPS) is 18.5. The van der Waals surface area contributed by atoms with E-state index in [1.807, 2.05) is 54.6 Å². The Morgan fingerprint density at radius 2 is 1.68 bits per heavy atom. The SMILES string of the molecule is O=C(NC(c1ccccc1)c1cccc(OCc2ccc(C(=O)OCCCCCC[C@H](O)c3ccc(O)c4[nH]c(=O)ccc34)c(Cl)c2)c1)O[C@H]1CN2CCC1CC2. The highest BCUT2D eigenvalue weighted by molar-refractivity contribution is 6.33. The van der Waals surface area contributed by atoms with E-state index < -0.39 is 24.2 Å². The Labute approximate surface area is 336 Å². The van der Waals surface area contributed by atoms with E-state index in [9.17, 15) is 24.6 Å². The number of phenolic OH excluding ortho intramolecular Hbond substituents is 1. The highest BCUT2D eigenvalue weighted by atomic mass is 35.5. The lowest BCUT2D eigenvalue weighted by Gasteiger charge is -2.43. The number of rotatable bonds is 16. The van der Waals surface area contributed by atoms with Crippen molar-refractivity contribution in [2.24, 2.45) is 5.92 Å². The van der Waals surface area contributed by atoms with Crippen LogP contribution in [0.1, 0.15) is 89.7 Å². The van der Waals surface area contributed by atoms with Crippen LogP contribution in [0.3, 0.4) is 0 Å². The van der Waals surface area contributed by atoms with Crippen LogP contribution in [0.15, 0.2) is 102 Å². The molecule has 0 spiro atoms. The molecule has 2 bridgehead atoms. The van der Waals surface area contributed by atoms with Crippen molar-refractivity contribution in [1.29, 1.82) is 0 Å². The first-order valence-electron chi connectivity index (χ1n) is 19.7. The molecule has 4 heterocycles. The van der Waals surface area contributed by atoms with E-state index in [1.165, 1.54) is 12.1 Å². The third kappa shape index (κ3) is 10.2. The molecule has 1 unspecified atom stereocenters. The number of aliphatic hydroxyl groups is 1. The van der Waals surface area contributed by atoms with Crippen molar-refractivity contribution in [2.45, 2.75) is 69.8 Å². The van der Waals surface area contributed by atoms with Gasteiger partial charge in [0, 0.05) is 18.0 Å². The van der Waals surface area contributed by atoms with Gasteiger partial charge in [-0.25, -0.2) is 9.59 Å². The summed E-state index contributed by atoms with van der Waals surface area (Å²) >= 11 is 6.53. The molecule has 1 amide bonds. The van der Waals surface area contributed by atoms with Gasteiger partial charge in [-0.2, -0.15) is 0 Å². The van der Waals surface area contributed by atoms with Gasteiger partial charge in [-0.1, -0.05) is 85.5 Å². The lowest BCUT2D eigenvalue weighted by molar-refractivity contribution is -0.0336. The molecule has 5 aromatic rings. The molecule has 11 nitrogen and oxygen atoms in total. The molecule has 3 aliphatic heterocycles. The third-order valence-corrected chi connectivity index (χ3v) is 11.3. The number of pyridine rings is 1. The number of phenols is 1. The fraction of sp³-hybridized carbons (Fsp3) is 0.356. The Balaban J connectivity index is 0.862. The van der Waals surface area contributed by atoms with Gasteiger partial charge in [-0.3, -0.25) is 9.69 Å². The molecule has 4 aromatic carbocycles. The quantitative estimate of drug-likeness (QED) is 0.0573. The zero-order valence-corrected chi connectivity index (χ0v) is 32.5. The number of aromatic hydroxyl groups is 1. The second-order valence-corrected chi connectivity index (χ2v) is 15.3. The van der Waals surface area contributed by atoms with E-state index in [0.29, 0.717) is 41.0 Å². The average Bonchev–Trinajstić information content (AvgIpc) is 3.22. The molecule has 1 aromatic heterocycles. The molecule has 3 fully saturated rings. The molecular weight excluding hydrogens is 746 g/mol. The summed E-state index contributed by atoms with van der Waals surface area (Å²) in [6.45, 7) is 3.38. The number of nitrogens with one attached hydrogen (secondary N) is 2. The van der Waals surface area contributed by atoms with E-state index in [1.54, 1.807) is 30.3 Å². The molecule has 3 aliphatic rings. The van der Waals surface area contributed by atoms with Crippen molar-refractivity contribution >= 4 is 34.6 Å². The number of esters is 1. The zero-order chi connectivity index (χ0) is 39.7. The number of aromatic amines is 1. The molecule has 57 heavy (non-hydrogen) atoms. The Bertz CT molecular complexity index is 2220. The van der Waals surface area contributed by atoms with Crippen LogP contribution in [0.5, 0.6) is 11.5 Å². The number of unbranched alkanes of at least 4 members (excludes halogenated alkanes) is 3. The number of carbonyl (C=O) groups is 2. The number of aliphatic hydroxyl groups excluding tert-OH is 1. The molecule has 4 N–H and O–H groups in total. The Morgan fingerprint density at radius 1 is 0.895 bits per heavy atom. The van der Waals surface area contributed by atoms with Gasteiger partial charge in [0.25, 0.3) is 0 Å².